The van der Waals surface area contributed by atoms with Gasteiger partial charge >= 0.3 is 11.9 Å². The fourth-order valence-electron chi connectivity index (χ4n) is 3.07. The molecule has 0 aromatic carbocycles. The molecular weight excluding hydrogens is 332 g/mol. The van der Waals surface area contributed by atoms with Gasteiger partial charge in [-0.15, -0.1) is 0 Å². The molecule has 0 aliphatic carbocycles. The number of Topliss-reactive ketones (excluding diaryl/α,β-unsaturated/α-hetero) is 1. The first kappa shape index (κ1) is 21.9. The summed E-state index contributed by atoms with van der Waals surface area (Å²) in [6.45, 7) is 9.82. The Hall–Kier alpha value is -2.17. The SMILES string of the molecule is C=C(CCCC(C)=O)C1C(=O)OCC(=CCC=C(C)C)C1CC(=O)OC. The van der Waals surface area contributed by atoms with E-state index in [1.807, 2.05) is 19.9 Å². The minimum atomic E-state index is -0.576. The van der Waals surface area contributed by atoms with E-state index >= 15 is 0 Å². The van der Waals surface area contributed by atoms with E-state index in [9.17, 15) is 14.4 Å². The molecule has 2 unspecified atom stereocenters. The van der Waals surface area contributed by atoms with Crippen LogP contribution in [0.3, 0.4) is 0 Å². The number of carbonyl (C=O) groups excluding carboxylic acids is 3. The van der Waals surface area contributed by atoms with Crippen LogP contribution in [0.4, 0.5) is 0 Å². The van der Waals surface area contributed by atoms with Crippen LogP contribution in [0.2, 0.25) is 0 Å². The molecule has 1 saturated heterocycles. The van der Waals surface area contributed by atoms with E-state index in [-0.39, 0.29) is 36.7 Å². The number of methoxy groups -OCH3 is 1. The fourth-order valence-corrected chi connectivity index (χ4v) is 3.07. The van der Waals surface area contributed by atoms with Gasteiger partial charge < -0.3 is 14.3 Å². The molecule has 2 atom stereocenters. The molecule has 5 nitrogen and oxygen atoms in total. The molecule has 0 amide bonds. The summed E-state index contributed by atoms with van der Waals surface area (Å²) in [7, 11) is 1.34. The predicted molar refractivity (Wildman–Crippen MR) is 100 cm³/mol. The van der Waals surface area contributed by atoms with Gasteiger partial charge in [-0.3, -0.25) is 9.59 Å². The third kappa shape index (κ3) is 6.98. The first-order valence-corrected chi connectivity index (χ1v) is 8.99. The highest BCUT2D eigenvalue weighted by molar-refractivity contribution is 5.80. The van der Waals surface area contributed by atoms with Crippen LogP contribution in [-0.2, 0) is 23.9 Å². The lowest BCUT2D eigenvalue weighted by atomic mass is 9.76. The molecule has 0 aromatic heterocycles. The molecule has 0 bridgehead atoms. The van der Waals surface area contributed by atoms with Crippen molar-refractivity contribution in [3.05, 3.63) is 35.5 Å². The summed E-state index contributed by atoms with van der Waals surface area (Å²) in [4.78, 5) is 35.4. The largest absolute Gasteiger partial charge is 0.469 e. The van der Waals surface area contributed by atoms with Crippen molar-refractivity contribution < 1.29 is 23.9 Å². The molecule has 1 aliphatic heterocycles. The molecule has 5 heteroatoms. The molecule has 0 aromatic rings. The summed E-state index contributed by atoms with van der Waals surface area (Å²) in [5.41, 5.74) is 2.83. The van der Waals surface area contributed by atoms with Crippen molar-refractivity contribution in [2.45, 2.75) is 52.9 Å². The number of allylic oxidation sites excluding steroid dienone is 3. The van der Waals surface area contributed by atoms with Gasteiger partial charge in [0.15, 0.2) is 0 Å². The zero-order valence-corrected chi connectivity index (χ0v) is 16.3. The van der Waals surface area contributed by atoms with Gasteiger partial charge in [-0.25, -0.2) is 0 Å². The molecule has 1 aliphatic rings. The number of cyclic esters (lactones) is 1. The number of ether oxygens (including phenoxy) is 2. The highest BCUT2D eigenvalue weighted by atomic mass is 16.5. The maximum atomic E-state index is 12.4. The maximum Gasteiger partial charge on any atom is 0.314 e. The summed E-state index contributed by atoms with van der Waals surface area (Å²) in [6, 6.07) is 0. The van der Waals surface area contributed by atoms with Crippen molar-refractivity contribution in [3.63, 3.8) is 0 Å². The standard InChI is InChI=1S/C21H30O5/c1-14(2)8-6-11-17-13-26-21(24)20(18(17)12-19(23)25-5)15(3)9-7-10-16(4)22/h8,11,18,20H,3,6-7,9-10,12-13H2,1-2,4-5H3. The Kier molecular flexibility index (Phi) is 9.03. The zero-order chi connectivity index (χ0) is 19.7. The van der Waals surface area contributed by atoms with E-state index in [4.69, 9.17) is 9.47 Å². The molecule has 0 spiro atoms. The van der Waals surface area contributed by atoms with Crippen molar-refractivity contribution in [3.8, 4) is 0 Å². The summed E-state index contributed by atoms with van der Waals surface area (Å²) >= 11 is 0. The molecule has 1 rings (SSSR count). The number of rotatable bonds is 9. The highest BCUT2D eigenvalue weighted by Crippen LogP contribution is 2.37. The van der Waals surface area contributed by atoms with Crippen LogP contribution in [0, 0.1) is 11.8 Å². The van der Waals surface area contributed by atoms with Crippen molar-refractivity contribution in [2.24, 2.45) is 11.8 Å². The number of hydrogen-bond donors (Lipinski definition) is 0. The van der Waals surface area contributed by atoms with Crippen molar-refractivity contribution in [1.29, 1.82) is 0 Å². The average molecular weight is 362 g/mol. The Bertz CT molecular complexity index is 608. The monoisotopic (exact) mass is 362 g/mol. The Morgan fingerprint density at radius 1 is 1.27 bits per heavy atom. The van der Waals surface area contributed by atoms with E-state index < -0.39 is 5.92 Å². The number of carbonyl (C=O) groups is 3. The molecule has 1 heterocycles. The quantitative estimate of drug-likeness (QED) is 0.459. The van der Waals surface area contributed by atoms with E-state index in [1.165, 1.54) is 12.7 Å². The molecule has 0 saturated carbocycles. The molecule has 1 fully saturated rings. The lowest BCUT2D eigenvalue weighted by Crippen LogP contribution is -2.37. The zero-order valence-electron chi connectivity index (χ0n) is 16.3. The number of hydrogen-bond acceptors (Lipinski definition) is 5. The lowest BCUT2D eigenvalue weighted by Gasteiger charge is -2.33. The third-order valence-electron chi connectivity index (χ3n) is 4.50. The highest BCUT2D eigenvalue weighted by Gasteiger charge is 2.39. The van der Waals surface area contributed by atoms with E-state index in [0.29, 0.717) is 24.8 Å². The fraction of sp³-hybridized carbons (Fsp3) is 0.571. The van der Waals surface area contributed by atoms with Crippen LogP contribution in [-0.4, -0.2) is 31.4 Å². The molecule has 0 N–H and O–H groups in total. The van der Waals surface area contributed by atoms with Gasteiger partial charge in [0, 0.05) is 12.3 Å². The second-order valence-electron chi connectivity index (χ2n) is 6.98. The number of esters is 2. The van der Waals surface area contributed by atoms with E-state index in [1.54, 1.807) is 6.92 Å². The first-order valence-electron chi connectivity index (χ1n) is 8.99. The van der Waals surface area contributed by atoms with Crippen LogP contribution < -0.4 is 0 Å². The minimum Gasteiger partial charge on any atom is -0.469 e. The number of ketones is 1. The van der Waals surface area contributed by atoms with Gasteiger partial charge in [0.1, 0.15) is 12.4 Å². The minimum absolute atomic E-state index is 0.109. The summed E-state index contributed by atoms with van der Waals surface area (Å²) in [5.74, 6) is -1.49. The molecule has 144 valence electrons. The Balaban J connectivity index is 3.01. The van der Waals surface area contributed by atoms with Crippen LogP contribution in [0.25, 0.3) is 0 Å². The molecule has 26 heavy (non-hydrogen) atoms. The second-order valence-corrected chi connectivity index (χ2v) is 6.98. The van der Waals surface area contributed by atoms with E-state index in [0.717, 1.165) is 12.0 Å². The van der Waals surface area contributed by atoms with Crippen molar-refractivity contribution >= 4 is 17.7 Å². The smallest absolute Gasteiger partial charge is 0.314 e. The Labute approximate surface area is 156 Å². The molecule has 0 radical (unpaired) electrons. The third-order valence-corrected chi connectivity index (χ3v) is 4.50. The Morgan fingerprint density at radius 2 is 1.96 bits per heavy atom. The van der Waals surface area contributed by atoms with Gasteiger partial charge in [0.2, 0.25) is 0 Å². The topological polar surface area (TPSA) is 69.7 Å². The lowest BCUT2D eigenvalue weighted by molar-refractivity contribution is -0.152. The maximum absolute atomic E-state index is 12.4. The average Bonchev–Trinajstić information content (AvgIpc) is 2.56. The predicted octanol–water partition coefficient (Wildman–Crippen LogP) is 3.94. The van der Waals surface area contributed by atoms with Gasteiger partial charge in [-0.05, 0) is 45.6 Å². The van der Waals surface area contributed by atoms with Gasteiger partial charge in [-0.1, -0.05) is 29.9 Å². The van der Waals surface area contributed by atoms with Crippen LogP contribution in [0.5, 0.6) is 0 Å². The first-order chi connectivity index (χ1) is 12.3. The molecular formula is C21H30O5. The van der Waals surface area contributed by atoms with Crippen molar-refractivity contribution in [2.75, 3.05) is 13.7 Å². The van der Waals surface area contributed by atoms with Gasteiger partial charge in [0.25, 0.3) is 0 Å². The summed E-state index contributed by atoms with van der Waals surface area (Å²) < 4.78 is 10.2. The normalized spacial score (nSPS) is 21.1. The van der Waals surface area contributed by atoms with E-state index in [2.05, 4.69) is 12.7 Å². The Morgan fingerprint density at radius 3 is 2.54 bits per heavy atom. The van der Waals surface area contributed by atoms with Crippen LogP contribution in [0.1, 0.15) is 52.9 Å². The van der Waals surface area contributed by atoms with Crippen LogP contribution in [0.15, 0.2) is 35.5 Å². The van der Waals surface area contributed by atoms with Gasteiger partial charge in [-0.2, -0.15) is 0 Å². The second kappa shape index (κ2) is 10.7. The summed E-state index contributed by atoms with van der Waals surface area (Å²) in [5, 5.41) is 0. The van der Waals surface area contributed by atoms with Gasteiger partial charge in [0.05, 0.1) is 19.4 Å². The van der Waals surface area contributed by atoms with Crippen LogP contribution >= 0.6 is 0 Å². The summed E-state index contributed by atoms with van der Waals surface area (Å²) in [6.07, 6.45) is 6.57. The van der Waals surface area contributed by atoms with Crippen molar-refractivity contribution in [1.82, 2.24) is 0 Å².